The molecule has 0 bridgehead atoms. The van der Waals surface area contributed by atoms with Gasteiger partial charge in [0.2, 0.25) is 5.88 Å². The summed E-state index contributed by atoms with van der Waals surface area (Å²) in [5.74, 6) is 1.32. The number of hydrogen-bond acceptors (Lipinski definition) is 5. The highest BCUT2D eigenvalue weighted by atomic mass is 35.5. The van der Waals surface area contributed by atoms with Crippen molar-refractivity contribution in [3.05, 3.63) is 29.5 Å². The van der Waals surface area contributed by atoms with Crippen LogP contribution in [0.15, 0.2) is 18.8 Å². The minimum Gasteiger partial charge on any atom is -0.477 e. The Morgan fingerprint density at radius 1 is 1.38 bits per heavy atom. The Balaban J connectivity index is 1.87. The molecule has 0 unspecified atom stereocenters. The average molecular weight is 312 g/mol. The quantitative estimate of drug-likeness (QED) is 0.617. The van der Waals surface area contributed by atoms with Crippen LogP contribution in [-0.4, -0.2) is 40.2 Å². The third-order valence-electron chi connectivity index (χ3n) is 3.42. The lowest BCUT2D eigenvalue weighted by Crippen LogP contribution is -2.38. The van der Waals surface area contributed by atoms with E-state index in [4.69, 9.17) is 21.1 Å². The summed E-state index contributed by atoms with van der Waals surface area (Å²) in [6.07, 6.45) is 3.52. The second-order valence-corrected chi connectivity index (χ2v) is 5.82. The van der Waals surface area contributed by atoms with Gasteiger partial charge in [-0.15, -0.1) is 0 Å². The van der Waals surface area contributed by atoms with Crippen LogP contribution < -0.4 is 4.74 Å². The zero-order valence-corrected chi connectivity index (χ0v) is 13.6. The van der Waals surface area contributed by atoms with Gasteiger partial charge < -0.3 is 14.4 Å². The molecule has 2 rings (SSSR count). The maximum atomic E-state index is 5.98. The van der Waals surface area contributed by atoms with Crippen molar-refractivity contribution in [1.29, 1.82) is 0 Å². The van der Waals surface area contributed by atoms with E-state index in [0.29, 0.717) is 11.0 Å². The normalized spacial score (nSPS) is 16.1. The van der Waals surface area contributed by atoms with Gasteiger partial charge in [-0.25, -0.2) is 9.97 Å². The van der Waals surface area contributed by atoms with E-state index < -0.39 is 0 Å². The standard InChI is InChI=1S/C15H22ClN3O2/c1-10(2)20-12(4)19-7-5-13(6-8-19)21-15-11(3)14(16)17-9-18-15/h9-10,13H,4-8H2,1-3H3. The Bertz CT molecular complexity index is 500. The minimum absolute atomic E-state index is 0.137. The number of ether oxygens (including phenoxy) is 2. The molecule has 1 aromatic heterocycles. The summed E-state index contributed by atoms with van der Waals surface area (Å²) in [6, 6.07) is 0. The molecule has 21 heavy (non-hydrogen) atoms. The maximum Gasteiger partial charge on any atom is 0.221 e. The summed E-state index contributed by atoms with van der Waals surface area (Å²) >= 11 is 5.98. The van der Waals surface area contributed by atoms with Gasteiger partial charge in [0.1, 0.15) is 17.6 Å². The smallest absolute Gasteiger partial charge is 0.221 e. The van der Waals surface area contributed by atoms with Crippen LogP contribution >= 0.6 is 11.6 Å². The van der Waals surface area contributed by atoms with E-state index >= 15 is 0 Å². The Kier molecular flexibility index (Phi) is 5.28. The third kappa shape index (κ3) is 4.24. The topological polar surface area (TPSA) is 47.5 Å². The Morgan fingerprint density at radius 2 is 2.05 bits per heavy atom. The van der Waals surface area contributed by atoms with E-state index in [1.165, 1.54) is 6.33 Å². The molecule has 0 radical (unpaired) electrons. The molecule has 5 nitrogen and oxygen atoms in total. The van der Waals surface area contributed by atoms with Crippen LogP contribution in [0, 0.1) is 6.92 Å². The number of aromatic nitrogens is 2. The van der Waals surface area contributed by atoms with Crippen molar-refractivity contribution in [2.24, 2.45) is 0 Å². The molecule has 1 fully saturated rings. The zero-order chi connectivity index (χ0) is 15.4. The van der Waals surface area contributed by atoms with Gasteiger partial charge in [0.05, 0.1) is 6.10 Å². The molecular formula is C15H22ClN3O2. The molecule has 0 saturated carbocycles. The van der Waals surface area contributed by atoms with Crippen LogP contribution in [0.1, 0.15) is 32.3 Å². The minimum atomic E-state index is 0.137. The molecule has 1 aliphatic heterocycles. The van der Waals surface area contributed by atoms with Gasteiger partial charge in [0.15, 0.2) is 5.88 Å². The predicted molar refractivity (Wildman–Crippen MR) is 82.4 cm³/mol. The monoisotopic (exact) mass is 311 g/mol. The van der Waals surface area contributed by atoms with E-state index in [2.05, 4.69) is 21.4 Å². The summed E-state index contributed by atoms with van der Waals surface area (Å²) in [5, 5.41) is 0.441. The molecular weight excluding hydrogens is 290 g/mol. The number of rotatable bonds is 5. The molecule has 1 aromatic rings. The Labute approximate surface area is 130 Å². The average Bonchev–Trinajstić information content (AvgIpc) is 2.44. The second kappa shape index (κ2) is 6.98. The summed E-state index contributed by atoms with van der Waals surface area (Å²) in [4.78, 5) is 10.2. The molecule has 0 amide bonds. The molecule has 2 heterocycles. The molecule has 0 aliphatic carbocycles. The van der Waals surface area contributed by atoms with Crippen LogP contribution in [0.4, 0.5) is 0 Å². The van der Waals surface area contributed by atoms with Gasteiger partial charge in [-0.05, 0) is 27.4 Å². The first-order valence-corrected chi connectivity index (χ1v) is 7.59. The molecule has 1 aliphatic rings. The molecule has 0 atom stereocenters. The summed E-state index contributed by atoms with van der Waals surface area (Å²) in [6.45, 7) is 11.6. The fourth-order valence-corrected chi connectivity index (χ4v) is 2.38. The van der Waals surface area contributed by atoms with E-state index in [-0.39, 0.29) is 12.2 Å². The molecule has 6 heteroatoms. The highest BCUT2D eigenvalue weighted by Crippen LogP contribution is 2.24. The van der Waals surface area contributed by atoms with Gasteiger partial charge in [0, 0.05) is 31.5 Å². The first-order valence-electron chi connectivity index (χ1n) is 7.21. The van der Waals surface area contributed by atoms with Crippen molar-refractivity contribution in [3.8, 4) is 5.88 Å². The molecule has 116 valence electrons. The lowest BCUT2D eigenvalue weighted by atomic mass is 10.1. The summed E-state index contributed by atoms with van der Waals surface area (Å²) in [7, 11) is 0. The first kappa shape index (κ1) is 15.9. The fraction of sp³-hybridized carbons (Fsp3) is 0.600. The lowest BCUT2D eigenvalue weighted by molar-refractivity contribution is 0.0375. The van der Waals surface area contributed by atoms with Crippen molar-refractivity contribution in [2.75, 3.05) is 13.1 Å². The second-order valence-electron chi connectivity index (χ2n) is 5.46. The van der Waals surface area contributed by atoms with E-state index in [0.717, 1.165) is 37.4 Å². The summed E-state index contributed by atoms with van der Waals surface area (Å²) < 4.78 is 11.6. The largest absolute Gasteiger partial charge is 0.477 e. The van der Waals surface area contributed by atoms with Gasteiger partial charge in [-0.1, -0.05) is 11.6 Å². The molecule has 0 N–H and O–H groups in total. The van der Waals surface area contributed by atoms with E-state index in [9.17, 15) is 0 Å². The zero-order valence-electron chi connectivity index (χ0n) is 12.8. The number of halogens is 1. The summed E-state index contributed by atoms with van der Waals surface area (Å²) in [5.41, 5.74) is 0.786. The third-order valence-corrected chi connectivity index (χ3v) is 3.80. The van der Waals surface area contributed by atoms with Gasteiger partial charge in [-0.2, -0.15) is 0 Å². The van der Waals surface area contributed by atoms with Crippen molar-refractivity contribution in [3.63, 3.8) is 0 Å². The van der Waals surface area contributed by atoms with Crippen molar-refractivity contribution < 1.29 is 9.47 Å². The van der Waals surface area contributed by atoms with Crippen molar-refractivity contribution in [1.82, 2.24) is 14.9 Å². The predicted octanol–water partition coefficient (Wildman–Crippen LogP) is 3.18. The Hall–Kier alpha value is -1.49. The fourth-order valence-electron chi connectivity index (χ4n) is 2.26. The number of nitrogens with zero attached hydrogens (tertiary/aromatic N) is 3. The van der Waals surface area contributed by atoms with Crippen molar-refractivity contribution in [2.45, 2.75) is 45.8 Å². The van der Waals surface area contributed by atoms with Crippen LogP contribution in [0.3, 0.4) is 0 Å². The van der Waals surface area contributed by atoms with Crippen LogP contribution in [0.2, 0.25) is 5.15 Å². The van der Waals surface area contributed by atoms with Gasteiger partial charge in [0.25, 0.3) is 0 Å². The molecule has 1 saturated heterocycles. The maximum absolute atomic E-state index is 5.98. The van der Waals surface area contributed by atoms with Gasteiger partial charge in [-0.3, -0.25) is 0 Å². The SMILES string of the molecule is C=C(OC(C)C)N1CCC(Oc2ncnc(Cl)c2C)CC1. The molecule has 0 spiro atoms. The highest BCUT2D eigenvalue weighted by Gasteiger charge is 2.23. The van der Waals surface area contributed by atoms with Crippen molar-refractivity contribution >= 4 is 11.6 Å². The Morgan fingerprint density at radius 3 is 2.67 bits per heavy atom. The highest BCUT2D eigenvalue weighted by molar-refractivity contribution is 6.30. The number of likely N-dealkylation sites (tertiary alicyclic amines) is 1. The lowest BCUT2D eigenvalue weighted by Gasteiger charge is -2.34. The van der Waals surface area contributed by atoms with E-state index in [1.807, 2.05) is 20.8 Å². The van der Waals surface area contributed by atoms with Crippen LogP contribution in [0.25, 0.3) is 0 Å². The number of piperidine rings is 1. The van der Waals surface area contributed by atoms with E-state index in [1.54, 1.807) is 0 Å². The first-order chi connectivity index (χ1) is 9.97. The van der Waals surface area contributed by atoms with Gasteiger partial charge >= 0.3 is 0 Å². The number of hydrogen-bond donors (Lipinski definition) is 0. The van der Waals surface area contributed by atoms with Crippen LogP contribution in [0.5, 0.6) is 5.88 Å². The van der Waals surface area contributed by atoms with Crippen LogP contribution in [-0.2, 0) is 4.74 Å². The molecule has 0 aromatic carbocycles.